The number of nitrogens with two attached hydrogens (primary N) is 1. The summed E-state index contributed by atoms with van der Waals surface area (Å²) in [6.07, 6.45) is 2.98. The van der Waals surface area contributed by atoms with E-state index in [0.717, 1.165) is 12.0 Å². The maximum atomic E-state index is 14.7. The van der Waals surface area contributed by atoms with Gasteiger partial charge in [0.1, 0.15) is 0 Å². The molecule has 0 saturated carbocycles. The van der Waals surface area contributed by atoms with Crippen LogP contribution in [0, 0.1) is 18.6 Å². The first-order valence-electron chi connectivity index (χ1n) is 9.97. The van der Waals surface area contributed by atoms with Gasteiger partial charge in [0.15, 0.2) is 17.3 Å². The van der Waals surface area contributed by atoms with Crippen molar-refractivity contribution < 1.29 is 13.6 Å². The lowest BCUT2D eigenvalue weighted by Crippen LogP contribution is -2.26. The summed E-state index contributed by atoms with van der Waals surface area (Å²) in [4.78, 5) is 16.8. The Morgan fingerprint density at radius 1 is 1.16 bits per heavy atom. The number of anilines is 1. The number of aryl methyl sites for hydroxylation is 1. The second kappa shape index (κ2) is 8.92. The number of carbonyl (C=O) groups excluding carboxylic acids is 1. The lowest BCUT2D eigenvalue weighted by molar-refractivity contribution is 0.0952. The Hall–Kier alpha value is -3.52. The number of nitrogens with one attached hydrogen (secondary N) is 1. The highest BCUT2D eigenvalue weighted by atomic mass is 35.5. The Morgan fingerprint density at radius 3 is 2.66 bits per heavy atom. The molecule has 0 radical (unpaired) electrons. The van der Waals surface area contributed by atoms with Gasteiger partial charge in [-0.05, 0) is 61.2 Å². The molecule has 0 spiro atoms. The Balaban J connectivity index is 1.53. The van der Waals surface area contributed by atoms with Gasteiger partial charge < -0.3 is 11.1 Å². The van der Waals surface area contributed by atoms with Crippen molar-refractivity contribution in [2.45, 2.75) is 19.8 Å². The molecular weight excluding hydrogens is 436 g/mol. The first-order valence-corrected chi connectivity index (χ1v) is 10.3. The third kappa shape index (κ3) is 4.40. The number of amides is 1. The summed E-state index contributed by atoms with van der Waals surface area (Å²) in [5.41, 5.74) is 7.41. The molecule has 0 fully saturated rings. The number of benzene rings is 2. The van der Waals surface area contributed by atoms with E-state index in [-0.39, 0.29) is 22.6 Å². The topological polar surface area (TPSA) is 85.3 Å². The number of halogens is 3. The van der Waals surface area contributed by atoms with Crippen LogP contribution in [0.5, 0.6) is 0 Å². The minimum Gasteiger partial charge on any atom is -0.366 e. The Kier molecular flexibility index (Phi) is 6.05. The summed E-state index contributed by atoms with van der Waals surface area (Å²) in [5, 5.41) is 7.41. The third-order valence-corrected chi connectivity index (χ3v) is 5.45. The number of hydrogen-bond donors (Lipinski definition) is 2. The molecule has 0 unspecified atom stereocenters. The third-order valence-electron chi connectivity index (χ3n) is 5.20. The van der Waals surface area contributed by atoms with Crippen LogP contribution in [0.3, 0.4) is 0 Å². The number of fused-ring (bicyclic) bond motifs is 1. The molecule has 4 aromatic rings. The van der Waals surface area contributed by atoms with Crippen LogP contribution in [-0.4, -0.2) is 27.0 Å². The van der Waals surface area contributed by atoms with E-state index in [1.807, 2.05) is 24.3 Å². The van der Waals surface area contributed by atoms with E-state index in [9.17, 15) is 13.6 Å². The molecule has 0 bridgehead atoms. The van der Waals surface area contributed by atoms with Crippen LogP contribution in [0.25, 0.3) is 16.8 Å². The molecule has 4 rings (SSSR count). The predicted molar refractivity (Wildman–Crippen MR) is 120 cm³/mol. The van der Waals surface area contributed by atoms with Crippen molar-refractivity contribution >= 4 is 29.1 Å². The highest BCUT2D eigenvalue weighted by molar-refractivity contribution is 6.30. The Labute approximate surface area is 188 Å². The molecule has 0 atom stereocenters. The molecule has 2 aromatic carbocycles. The average Bonchev–Trinajstić information content (AvgIpc) is 3.15. The highest BCUT2D eigenvalue weighted by Gasteiger charge is 2.21. The highest BCUT2D eigenvalue weighted by Crippen LogP contribution is 2.29. The van der Waals surface area contributed by atoms with Gasteiger partial charge in [0.25, 0.3) is 5.91 Å². The number of pyridine rings is 1. The monoisotopic (exact) mass is 455 g/mol. The van der Waals surface area contributed by atoms with Crippen molar-refractivity contribution in [1.29, 1.82) is 0 Å². The fourth-order valence-electron chi connectivity index (χ4n) is 3.47. The summed E-state index contributed by atoms with van der Waals surface area (Å²) >= 11 is 5.88. The first kappa shape index (κ1) is 21.7. The summed E-state index contributed by atoms with van der Waals surface area (Å²) in [6, 6.07) is 11.9. The summed E-state index contributed by atoms with van der Waals surface area (Å²) < 4.78 is 30.8. The van der Waals surface area contributed by atoms with Crippen LogP contribution in [0.1, 0.15) is 27.9 Å². The second-order valence-corrected chi connectivity index (χ2v) is 7.84. The normalized spacial score (nSPS) is 11.1. The van der Waals surface area contributed by atoms with E-state index >= 15 is 0 Å². The van der Waals surface area contributed by atoms with Gasteiger partial charge in [-0.15, -0.1) is 5.10 Å². The van der Waals surface area contributed by atoms with E-state index in [4.69, 9.17) is 17.3 Å². The summed E-state index contributed by atoms with van der Waals surface area (Å²) in [5.74, 6) is -2.49. The number of carbonyl (C=O) groups is 1. The van der Waals surface area contributed by atoms with Gasteiger partial charge >= 0.3 is 0 Å². The van der Waals surface area contributed by atoms with Crippen molar-refractivity contribution in [3.8, 4) is 11.1 Å². The Bertz CT molecular complexity index is 1300. The molecule has 32 heavy (non-hydrogen) atoms. The number of nitrogen functional groups attached to an aromatic ring is 1. The zero-order valence-electron chi connectivity index (χ0n) is 17.2. The molecule has 2 heterocycles. The molecule has 0 aliphatic rings. The number of hydrogen-bond acceptors (Lipinski definition) is 4. The molecule has 1 amide bonds. The summed E-state index contributed by atoms with van der Waals surface area (Å²) in [7, 11) is 0. The molecule has 6 nitrogen and oxygen atoms in total. The standard InChI is InChI=1S/C23H20ClF2N5O/c1-13-17(22(32)28-9-2-3-14-4-6-16(24)7-5-14)12-18(21(26)20(13)25)15-8-10-31-19(11-15)29-23(27)30-31/h4-8,10-12H,2-3,9H2,1H3,(H2,27,30)(H,28,32). The van der Waals surface area contributed by atoms with Gasteiger partial charge in [-0.3, -0.25) is 4.79 Å². The van der Waals surface area contributed by atoms with E-state index < -0.39 is 17.5 Å². The minimum absolute atomic E-state index is 0.0384. The molecule has 164 valence electrons. The van der Waals surface area contributed by atoms with Crippen molar-refractivity contribution in [2.75, 3.05) is 12.3 Å². The van der Waals surface area contributed by atoms with Crippen LogP contribution in [0.4, 0.5) is 14.7 Å². The van der Waals surface area contributed by atoms with Gasteiger partial charge in [-0.2, -0.15) is 4.98 Å². The molecule has 0 aliphatic heterocycles. The van der Waals surface area contributed by atoms with Gasteiger partial charge in [-0.25, -0.2) is 13.3 Å². The first-order chi connectivity index (χ1) is 15.3. The zero-order chi connectivity index (χ0) is 22.8. The van der Waals surface area contributed by atoms with E-state index in [0.29, 0.717) is 29.2 Å². The number of aromatic nitrogens is 3. The Morgan fingerprint density at radius 2 is 1.91 bits per heavy atom. The van der Waals surface area contributed by atoms with Gasteiger partial charge in [-0.1, -0.05) is 23.7 Å². The molecule has 2 aromatic heterocycles. The maximum absolute atomic E-state index is 14.7. The van der Waals surface area contributed by atoms with E-state index in [1.54, 1.807) is 12.3 Å². The summed E-state index contributed by atoms with van der Waals surface area (Å²) in [6.45, 7) is 1.77. The lowest BCUT2D eigenvalue weighted by atomic mass is 9.98. The van der Waals surface area contributed by atoms with Crippen molar-refractivity contribution in [1.82, 2.24) is 19.9 Å². The van der Waals surface area contributed by atoms with Crippen LogP contribution >= 0.6 is 11.6 Å². The van der Waals surface area contributed by atoms with Gasteiger partial charge in [0.05, 0.1) is 0 Å². The van der Waals surface area contributed by atoms with Gasteiger partial charge in [0.2, 0.25) is 5.95 Å². The van der Waals surface area contributed by atoms with E-state index in [1.165, 1.54) is 23.6 Å². The second-order valence-electron chi connectivity index (χ2n) is 7.40. The van der Waals surface area contributed by atoms with Crippen LogP contribution < -0.4 is 11.1 Å². The van der Waals surface area contributed by atoms with Crippen LogP contribution in [0.15, 0.2) is 48.7 Å². The van der Waals surface area contributed by atoms with Crippen molar-refractivity contribution in [3.05, 3.63) is 82.0 Å². The van der Waals surface area contributed by atoms with E-state index in [2.05, 4.69) is 15.4 Å². The SMILES string of the molecule is Cc1c(C(=O)NCCCc2ccc(Cl)cc2)cc(-c2ccn3nc(N)nc3c2)c(F)c1F. The van der Waals surface area contributed by atoms with Crippen LogP contribution in [0.2, 0.25) is 5.02 Å². The number of nitrogens with zero attached hydrogens (tertiary/aromatic N) is 3. The molecular formula is C23H20ClF2N5O. The average molecular weight is 456 g/mol. The quantitative estimate of drug-likeness (QED) is 0.417. The van der Waals surface area contributed by atoms with Gasteiger partial charge in [0, 0.05) is 34.5 Å². The zero-order valence-corrected chi connectivity index (χ0v) is 18.0. The van der Waals surface area contributed by atoms with Crippen LogP contribution in [-0.2, 0) is 6.42 Å². The predicted octanol–water partition coefficient (Wildman–Crippen LogP) is 4.58. The van der Waals surface area contributed by atoms with Crippen molar-refractivity contribution in [3.63, 3.8) is 0 Å². The fourth-order valence-corrected chi connectivity index (χ4v) is 3.60. The fraction of sp³-hybridized carbons (Fsp3) is 0.174. The molecule has 0 aliphatic carbocycles. The van der Waals surface area contributed by atoms with Crippen molar-refractivity contribution in [2.24, 2.45) is 0 Å². The molecule has 0 saturated heterocycles. The number of rotatable bonds is 6. The minimum atomic E-state index is -1.06. The molecule has 3 N–H and O–H groups in total. The largest absolute Gasteiger partial charge is 0.366 e. The maximum Gasteiger partial charge on any atom is 0.251 e. The lowest BCUT2D eigenvalue weighted by Gasteiger charge is -2.13. The molecule has 9 heteroatoms. The smallest absolute Gasteiger partial charge is 0.251 e.